The van der Waals surface area contributed by atoms with Crippen LogP contribution >= 0.6 is 0 Å². The third-order valence-electron chi connectivity index (χ3n) is 12.5. The molecular formula is C55H106O6. The Labute approximate surface area is 380 Å². The van der Waals surface area contributed by atoms with Crippen LogP contribution in [0.4, 0.5) is 0 Å². The van der Waals surface area contributed by atoms with Gasteiger partial charge in [-0.05, 0) is 31.1 Å². The molecule has 0 bridgehead atoms. The summed E-state index contributed by atoms with van der Waals surface area (Å²) in [6.07, 6.45) is 49.5. The van der Waals surface area contributed by atoms with Crippen LogP contribution < -0.4 is 0 Å². The van der Waals surface area contributed by atoms with Crippen LogP contribution in [0.5, 0.6) is 0 Å². The number of carbonyl (C=O) groups is 3. The van der Waals surface area contributed by atoms with Gasteiger partial charge in [-0.1, -0.05) is 266 Å². The molecule has 1 atom stereocenters. The van der Waals surface area contributed by atoms with E-state index in [1.807, 2.05) is 0 Å². The molecule has 0 radical (unpaired) electrons. The summed E-state index contributed by atoms with van der Waals surface area (Å²) in [6, 6.07) is 0. The molecule has 0 aromatic rings. The Morgan fingerprint density at radius 1 is 0.311 bits per heavy atom. The number of rotatable bonds is 49. The standard InChI is InChI=1S/C55H106O6/c1-6-7-8-9-10-11-12-13-17-20-25-30-35-40-45-53(56)59-48-52(49-60-54(57)46-41-36-31-27-22-24-29-34-39-44-51(4)5)61-55(58)47-42-37-32-26-21-18-15-14-16-19-23-28-33-38-43-50(2)3/h50-52H,6-49H2,1-5H3/t52-/m0/s1. The van der Waals surface area contributed by atoms with Crippen LogP contribution in [0.2, 0.25) is 0 Å². The lowest BCUT2D eigenvalue weighted by Crippen LogP contribution is -2.30. The quantitative estimate of drug-likeness (QED) is 0.0344. The Balaban J connectivity index is 4.30. The number of hydrogen-bond donors (Lipinski definition) is 0. The SMILES string of the molecule is CCCCCCCCCCCCCCCCC(=O)OC[C@@H](COC(=O)CCCCCCCCCCCC(C)C)OC(=O)CCCCCCCCCCCCCCCCC(C)C. The van der Waals surface area contributed by atoms with Gasteiger partial charge in [0, 0.05) is 19.3 Å². The van der Waals surface area contributed by atoms with Gasteiger partial charge in [0.2, 0.25) is 0 Å². The largest absolute Gasteiger partial charge is 0.462 e. The molecule has 0 spiro atoms. The van der Waals surface area contributed by atoms with E-state index >= 15 is 0 Å². The number of esters is 3. The van der Waals surface area contributed by atoms with E-state index in [1.165, 1.54) is 193 Å². The Morgan fingerprint density at radius 3 is 0.803 bits per heavy atom. The number of carbonyl (C=O) groups excluding carboxylic acids is 3. The molecule has 0 unspecified atom stereocenters. The molecule has 6 nitrogen and oxygen atoms in total. The monoisotopic (exact) mass is 863 g/mol. The number of ether oxygens (including phenoxy) is 3. The third kappa shape index (κ3) is 49.3. The molecule has 61 heavy (non-hydrogen) atoms. The van der Waals surface area contributed by atoms with Gasteiger partial charge < -0.3 is 14.2 Å². The minimum Gasteiger partial charge on any atom is -0.462 e. The van der Waals surface area contributed by atoms with Gasteiger partial charge in [0.15, 0.2) is 6.10 Å². The van der Waals surface area contributed by atoms with Gasteiger partial charge in [-0.3, -0.25) is 14.4 Å². The van der Waals surface area contributed by atoms with Crippen molar-refractivity contribution in [2.45, 2.75) is 310 Å². The van der Waals surface area contributed by atoms with E-state index in [4.69, 9.17) is 14.2 Å². The van der Waals surface area contributed by atoms with Crippen molar-refractivity contribution in [3.8, 4) is 0 Å². The van der Waals surface area contributed by atoms with Crippen molar-refractivity contribution in [1.29, 1.82) is 0 Å². The maximum Gasteiger partial charge on any atom is 0.306 e. The lowest BCUT2D eigenvalue weighted by Gasteiger charge is -2.18. The lowest BCUT2D eigenvalue weighted by atomic mass is 10.0. The fourth-order valence-corrected chi connectivity index (χ4v) is 8.34. The average Bonchev–Trinajstić information content (AvgIpc) is 3.23. The van der Waals surface area contributed by atoms with Crippen LogP contribution in [0.3, 0.4) is 0 Å². The normalized spacial score (nSPS) is 12.0. The van der Waals surface area contributed by atoms with E-state index in [0.717, 1.165) is 69.6 Å². The Bertz CT molecular complexity index is 931. The second-order valence-electron chi connectivity index (χ2n) is 19.8. The van der Waals surface area contributed by atoms with Gasteiger partial charge in [-0.25, -0.2) is 0 Å². The fourth-order valence-electron chi connectivity index (χ4n) is 8.34. The second-order valence-corrected chi connectivity index (χ2v) is 19.8. The maximum absolute atomic E-state index is 12.8. The van der Waals surface area contributed by atoms with Crippen molar-refractivity contribution in [2.24, 2.45) is 11.8 Å². The first-order chi connectivity index (χ1) is 29.7. The Morgan fingerprint density at radius 2 is 0.541 bits per heavy atom. The fraction of sp³-hybridized carbons (Fsp3) is 0.945. The highest BCUT2D eigenvalue weighted by Gasteiger charge is 2.19. The van der Waals surface area contributed by atoms with Crippen molar-refractivity contribution < 1.29 is 28.6 Å². The van der Waals surface area contributed by atoms with Crippen LogP contribution in [0.15, 0.2) is 0 Å². The van der Waals surface area contributed by atoms with Crippen LogP contribution in [0, 0.1) is 11.8 Å². The second kappa shape index (κ2) is 47.9. The van der Waals surface area contributed by atoms with Crippen molar-refractivity contribution in [3.05, 3.63) is 0 Å². The van der Waals surface area contributed by atoms with Gasteiger partial charge in [-0.15, -0.1) is 0 Å². The van der Waals surface area contributed by atoms with E-state index in [9.17, 15) is 14.4 Å². The predicted octanol–water partition coefficient (Wildman–Crippen LogP) is 17.7. The highest BCUT2D eigenvalue weighted by molar-refractivity contribution is 5.71. The molecule has 0 fully saturated rings. The molecule has 0 rings (SSSR count). The van der Waals surface area contributed by atoms with Gasteiger partial charge in [0.25, 0.3) is 0 Å². The molecular weight excluding hydrogens is 757 g/mol. The molecule has 0 aromatic carbocycles. The zero-order chi connectivity index (χ0) is 44.7. The zero-order valence-electron chi connectivity index (χ0n) is 41.8. The van der Waals surface area contributed by atoms with Crippen LogP contribution in [-0.4, -0.2) is 37.2 Å². The van der Waals surface area contributed by atoms with Crippen molar-refractivity contribution in [1.82, 2.24) is 0 Å². The van der Waals surface area contributed by atoms with Gasteiger partial charge in [-0.2, -0.15) is 0 Å². The van der Waals surface area contributed by atoms with Crippen molar-refractivity contribution in [2.75, 3.05) is 13.2 Å². The zero-order valence-corrected chi connectivity index (χ0v) is 41.8. The summed E-state index contributed by atoms with van der Waals surface area (Å²) in [5, 5.41) is 0. The highest BCUT2D eigenvalue weighted by Crippen LogP contribution is 2.18. The van der Waals surface area contributed by atoms with Crippen LogP contribution in [0.25, 0.3) is 0 Å². The molecule has 0 aliphatic carbocycles. The third-order valence-corrected chi connectivity index (χ3v) is 12.5. The minimum atomic E-state index is -0.762. The summed E-state index contributed by atoms with van der Waals surface area (Å²) < 4.78 is 16.8. The smallest absolute Gasteiger partial charge is 0.306 e. The first kappa shape index (κ1) is 59.4. The average molecular weight is 863 g/mol. The highest BCUT2D eigenvalue weighted by atomic mass is 16.6. The van der Waals surface area contributed by atoms with E-state index in [1.54, 1.807) is 0 Å². The molecule has 362 valence electrons. The van der Waals surface area contributed by atoms with Crippen LogP contribution in [0.1, 0.15) is 304 Å². The van der Waals surface area contributed by atoms with Gasteiger partial charge in [0.1, 0.15) is 13.2 Å². The molecule has 6 heteroatoms. The molecule has 0 amide bonds. The molecule has 0 aliphatic rings. The number of unbranched alkanes of at least 4 members (excludes halogenated alkanes) is 34. The molecule has 0 N–H and O–H groups in total. The number of hydrogen-bond acceptors (Lipinski definition) is 6. The van der Waals surface area contributed by atoms with Crippen LogP contribution in [-0.2, 0) is 28.6 Å². The van der Waals surface area contributed by atoms with E-state index < -0.39 is 6.10 Å². The summed E-state index contributed by atoms with van der Waals surface area (Å²) >= 11 is 0. The first-order valence-corrected chi connectivity index (χ1v) is 27.2. The van der Waals surface area contributed by atoms with E-state index in [0.29, 0.717) is 19.3 Å². The first-order valence-electron chi connectivity index (χ1n) is 27.2. The molecule has 0 saturated heterocycles. The topological polar surface area (TPSA) is 78.9 Å². The summed E-state index contributed by atoms with van der Waals surface area (Å²) in [5.74, 6) is 0.807. The molecule has 0 aromatic heterocycles. The molecule has 0 heterocycles. The van der Waals surface area contributed by atoms with Crippen molar-refractivity contribution >= 4 is 17.9 Å². The summed E-state index contributed by atoms with van der Waals surface area (Å²) in [7, 11) is 0. The summed E-state index contributed by atoms with van der Waals surface area (Å²) in [4.78, 5) is 38.0. The lowest BCUT2D eigenvalue weighted by molar-refractivity contribution is -0.167. The maximum atomic E-state index is 12.8. The van der Waals surface area contributed by atoms with Gasteiger partial charge >= 0.3 is 17.9 Å². The van der Waals surface area contributed by atoms with E-state index in [-0.39, 0.29) is 31.1 Å². The van der Waals surface area contributed by atoms with Crippen molar-refractivity contribution in [3.63, 3.8) is 0 Å². The predicted molar refractivity (Wildman–Crippen MR) is 261 cm³/mol. The Hall–Kier alpha value is -1.59. The van der Waals surface area contributed by atoms with Gasteiger partial charge in [0.05, 0.1) is 0 Å². The minimum absolute atomic E-state index is 0.0633. The van der Waals surface area contributed by atoms with E-state index in [2.05, 4.69) is 34.6 Å². The summed E-state index contributed by atoms with van der Waals surface area (Å²) in [6.45, 7) is 11.4. The Kier molecular flexibility index (Phi) is 46.6. The molecule has 0 saturated carbocycles. The summed E-state index contributed by atoms with van der Waals surface area (Å²) in [5.41, 5.74) is 0. The molecule has 0 aliphatic heterocycles.